The summed E-state index contributed by atoms with van der Waals surface area (Å²) in [5, 5.41) is 14.8. The smallest absolute Gasteiger partial charge is 0.0960 e. The average Bonchev–Trinajstić information content (AvgIpc) is 2.67. The lowest BCUT2D eigenvalue weighted by Gasteiger charge is -2.08. The molecule has 1 aromatic heterocycles. The lowest BCUT2D eigenvalue weighted by Crippen LogP contribution is -2.12. The molecule has 0 bridgehead atoms. The zero-order valence-corrected chi connectivity index (χ0v) is 12.1. The van der Waals surface area contributed by atoms with E-state index in [1.54, 1.807) is 7.11 Å². The van der Waals surface area contributed by atoms with Crippen LogP contribution in [-0.2, 0) is 17.9 Å². The van der Waals surface area contributed by atoms with E-state index in [9.17, 15) is 0 Å². The number of benzene rings is 1. The van der Waals surface area contributed by atoms with Gasteiger partial charge in [-0.25, -0.2) is 0 Å². The minimum Gasteiger partial charge on any atom is -0.396 e. The van der Waals surface area contributed by atoms with Crippen LogP contribution in [0, 0.1) is 5.92 Å². The minimum atomic E-state index is 0.162. The Hall–Kier alpha value is -0.910. The fourth-order valence-corrected chi connectivity index (χ4v) is 2.30. The van der Waals surface area contributed by atoms with Crippen molar-refractivity contribution in [2.75, 3.05) is 13.7 Å². The first-order valence-corrected chi connectivity index (χ1v) is 6.69. The van der Waals surface area contributed by atoms with Crippen LogP contribution >= 0.6 is 15.9 Å². The van der Waals surface area contributed by atoms with Gasteiger partial charge in [0.15, 0.2) is 0 Å². The Morgan fingerprint density at radius 3 is 2.94 bits per heavy atom. The summed E-state index contributed by atoms with van der Waals surface area (Å²) >= 11 is 3.48. The van der Waals surface area contributed by atoms with E-state index in [0.29, 0.717) is 13.2 Å². The van der Waals surface area contributed by atoms with E-state index in [4.69, 9.17) is 9.84 Å². The second kappa shape index (κ2) is 5.82. The molecular formula is C13H17BrN2O2. The van der Waals surface area contributed by atoms with Crippen molar-refractivity contribution in [2.45, 2.75) is 20.1 Å². The molecule has 2 rings (SSSR count). The molecule has 1 N–H and O–H groups in total. The molecule has 18 heavy (non-hydrogen) atoms. The number of aliphatic hydroxyl groups is 1. The van der Waals surface area contributed by atoms with Crippen molar-refractivity contribution in [3.8, 4) is 0 Å². The Balaban J connectivity index is 2.47. The van der Waals surface area contributed by atoms with E-state index >= 15 is 0 Å². The van der Waals surface area contributed by atoms with Crippen molar-refractivity contribution in [3.63, 3.8) is 0 Å². The molecule has 98 valence electrons. The van der Waals surface area contributed by atoms with Crippen LogP contribution in [0.4, 0.5) is 0 Å². The molecule has 0 unspecified atom stereocenters. The normalized spacial score (nSPS) is 13.1. The summed E-state index contributed by atoms with van der Waals surface area (Å²) < 4.78 is 8.14. The second-order valence-corrected chi connectivity index (χ2v) is 5.43. The first kappa shape index (κ1) is 13.5. The van der Waals surface area contributed by atoms with Gasteiger partial charge in [-0.1, -0.05) is 22.9 Å². The van der Waals surface area contributed by atoms with Gasteiger partial charge in [-0.15, -0.1) is 0 Å². The zero-order chi connectivity index (χ0) is 13.1. The maximum Gasteiger partial charge on any atom is 0.0960 e. The van der Waals surface area contributed by atoms with Crippen LogP contribution < -0.4 is 0 Å². The van der Waals surface area contributed by atoms with Crippen LogP contribution in [0.1, 0.15) is 12.6 Å². The Morgan fingerprint density at radius 2 is 2.28 bits per heavy atom. The Morgan fingerprint density at radius 1 is 1.50 bits per heavy atom. The van der Waals surface area contributed by atoms with Crippen LogP contribution in [0.15, 0.2) is 22.7 Å². The highest BCUT2D eigenvalue weighted by Crippen LogP contribution is 2.24. The SMILES string of the molecule is COCc1nn(C[C@H](C)CO)c2cc(Br)ccc12. The molecule has 0 spiro atoms. The summed E-state index contributed by atoms with van der Waals surface area (Å²) in [4.78, 5) is 0. The van der Waals surface area contributed by atoms with Crippen LogP contribution in [0.5, 0.6) is 0 Å². The number of aromatic nitrogens is 2. The molecule has 1 aromatic carbocycles. The van der Waals surface area contributed by atoms with Gasteiger partial charge in [-0.05, 0) is 24.1 Å². The molecule has 1 atom stereocenters. The molecule has 4 nitrogen and oxygen atoms in total. The maximum absolute atomic E-state index is 9.16. The molecule has 0 saturated heterocycles. The van der Waals surface area contributed by atoms with Gasteiger partial charge in [0.05, 0.1) is 17.8 Å². The van der Waals surface area contributed by atoms with E-state index in [-0.39, 0.29) is 12.5 Å². The third-order valence-corrected chi connectivity index (χ3v) is 3.36. The van der Waals surface area contributed by atoms with Crippen molar-refractivity contribution >= 4 is 26.8 Å². The monoisotopic (exact) mass is 312 g/mol. The van der Waals surface area contributed by atoms with Gasteiger partial charge in [-0.3, -0.25) is 4.68 Å². The summed E-state index contributed by atoms with van der Waals surface area (Å²) in [6.45, 7) is 3.36. The molecule has 0 saturated carbocycles. The predicted octanol–water partition coefficient (Wildman–Crippen LogP) is 2.57. The molecule has 2 aromatic rings. The highest BCUT2D eigenvalue weighted by molar-refractivity contribution is 9.10. The van der Waals surface area contributed by atoms with Crippen LogP contribution in [0.2, 0.25) is 0 Å². The Bertz CT molecular complexity index is 539. The molecule has 0 fully saturated rings. The largest absolute Gasteiger partial charge is 0.396 e. The number of aliphatic hydroxyl groups excluding tert-OH is 1. The summed E-state index contributed by atoms with van der Waals surface area (Å²) in [6, 6.07) is 6.09. The van der Waals surface area contributed by atoms with E-state index in [1.165, 1.54) is 0 Å². The highest BCUT2D eigenvalue weighted by atomic mass is 79.9. The van der Waals surface area contributed by atoms with Crippen molar-refractivity contribution < 1.29 is 9.84 Å². The number of methoxy groups -OCH3 is 1. The van der Waals surface area contributed by atoms with Crippen LogP contribution in [0.3, 0.4) is 0 Å². The van der Waals surface area contributed by atoms with Crippen molar-refractivity contribution in [3.05, 3.63) is 28.4 Å². The van der Waals surface area contributed by atoms with Gasteiger partial charge in [0.25, 0.3) is 0 Å². The number of hydrogen-bond acceptors (Lipinski definition) is 3. The summed E-state index contributed by atoms with van der Waals surface area (Å²) in [7, 11) is 1.67. The lowest BCUT2D eigenvalue weighted by molar-refractivity contribution is 0.180. The number of nitrogens with zero attached hydrogens (tertiary/aromatic N) is 2. The van der Waals surface area contributed by atoms with Crippen molar-refractivity contribution in [1.82, 2.24) is 9.78 Å². The molecule has 0 radical (unpaired) electrons. The number of ether oxygens (including phenoxy) is 1. The van der Waals surface area contributed by atoms with Gasteiger partial charge in [-0.2, -0.15) is 5.10 Å². The van der Waals surface area contributed by atoms with Gasteiger partial charge >= 0.3 is 0 Å². The molecule has 5 heteroatoms. The van der Waals surface area contributed by atoms with Crippen molar-refractivity contribution in [1.29, 1.82) is 0 Å². The lowest BCUT2D eigenvalue weighted by atomic mass is 10.2. The Kier molecular flexibility index (Phi) is 4.37. The predicted molar refractivity (Wildman–Crippen MR) is 74.4 cm³/mol. The highest BCUT2D eigenvalue weighted by Gasteiger charge is 2.12. The third-order valence-electron chi connectivity index (χ3n) is 2.87. The molecule has 0 aliphatic carbocycles. The number of fused-ring (bicyclic) bond motifs is 1. The number of hydrogen-bond donors (Lipinski definition) is 1. The van der Waals surface area contributed by atoms with Crippen LogP contribution in [0.25, 0.3) is 10.9 Å². The van der Waals surface area contributed by atoms with Crippen molar-refractivity contribution in [2.24, 2.45) is 5.92 Å². The minimum absolute atomic E-state index is 0.162. The van der Waals surface area contributed by atoms with E-state index in [1.807, 2.05) is 29.8 Å². The standard InChI is InChI=1S/C13H17BrN2O2/c1-9(7-17)6-16-13-5-10(14)3-4-11(13)12(15-16)8-18-2/h3-5,9,17H,6-8H2,1-2H3/t9-/m0/s1. The number of rotatable bonds is 5. The fraction of sp³-hybridized carbons (Fsp3) is 0.462. The van der Waals surface area contributed by atoms with E-state index in [2.05, 4.69) is 21.0 Å². The quantitative estimate of drug-likeness (QED) is 0.923. The number of halogens is 1. The summed E-state index contributed by atoms with van der Waals surface area (Å²) in [6.07, 6.45) is 0. The van der Waals surface area contributed by atoms with Gasteiger partial charge in [0, 0.05) is 30.1 Å². The zero-order valence-electron chi connectivity index (χ0n) is 10.6. The first-order chi connectivity index (χ1) is 8.65. The molecular weight excluding hydrogens is 296 g/mol. The third kappa shape index (κ3) is 2.74. The average molecular weight is 313 g/mol. The van der Waals surface area contributed by atoms with E-state index in [0.717, 1.165) is 21.1 Å². The van der Waals surface area contributed by atoms with Crippen LogP contribution in [-0.4, -0.2) is 28.6 Å². The maximum atomic E-state index is 9.16. The van der Waals surface area contributed by atoms with Gasteiger partial charge in [0.1, 0.15) is 0 Å². The fourth-order valence-electron chi connectivity index (χ4n) is 1.95. The van der Waals surface area contributed by atoms with Gasteiger partial charge < -0.3 is 9.84 Å². The molecule has 0 amide bonds. The summed E-state index contributed by atoms with van der Waals surface area (Å²) in [5.41, 5.74) is 2.00. The first-order valence-electron chi connectivity index (χ1n) is 5.90. The summed E-state index contributed by atoms with van der Waals surface area (Å²) in [5.74, 6) is 0.183. The molecule has 0 aliphatic heterocycles. The Labute approximate surface area is 115 Å². The van der Waals surface area contributed by atoms with E-state index < -0.39 is 0 Å². The molecule has 1 heterocycles. The second-order valence-electron chi connectivity index (χ2n) is 4.51. The topological polar surface area (TPSA) is 47.3 Å². The molecule has 0 aliphatic rings. The van der Waals surface area contributed by atoms with Gasteiger partial charge in [0.2, 0.25) is 0 Å².